The molecule has 134 valence electrons. The van der Waals surface area contributed by atoms with Gasteiger partial charge in [0.15, 0.2) is 6.10 Å². The highest BCUT2D eigenvalue weighted by Gasteiger charge is 2.30. The number of para-hydroxylation sites is 2. The number of nitrogens with zero attached hydrogens (tertiary/aromatic N) is 2. The minimum Gasteiger partial charge on any atom is -0.481 e. The number of carbonyl (C=O) groups excluding carboxylic acids is 2. The predicted molar refractivity (Wildman–Crippen MR) is 95.3 cm³/mol. The van der Waals surface area contributed by atoms with Crippen LogP contribution in [0, 0.1) is 17.0 Å². The van der Waals surface area contributed by atoms with Gasteiger partial charge >= 0.3 is 0 Å². The maximum absolute atomic E-state index is 12.8. The average Bonchev–Trinajstić information content (AvgIpc) is 2.60. The van der Waals surface area contributed by atoms with E-state index in [0.717, 1.165) is 0 Å². The minimum absolute atomic E-state index is 0.0158. The number of aryl methyl sites for hydroxylation is 1. The number of nitro groups is 1. The van der Waals surface area contributed by atoms with Crippen molar-refractivity contribution < 1.29 is 19.2 Å². The summed E-state index contributed by atoms with van der Waals surface area (Å²) in [6, 6.07) is 11.3. The van der Waals surface area contributed by atoms with Gasteiger partial charge in [-0.3, -0.25) is 24.6 Å². The monoisotopic (exact) mass is 355 g/mol. The summed E-state index contributed by atoms with van der Waals surface area (Å²) < 4.78 is 5.65. The van der Waals surface area contributed by atoms with Gasteiger partial charge in [0.1, 0.15) is 12.3 Å². The van der Waals surface area contributed by atoms with Crippen molar-refractivity contribution in [2.45, 2.75) is 20.0 Å². The number of fused-ring (bicyclic) bond motifs is 1. The lowest BCUT2D eigenvalue weighted by molar-refractivity contribution is -0.385. The SMILES string of the molecule is Cc1cc(O[C@H](C)C(=O)N2CC(=O)Nc3ccccc32)ccc1[N+](=O)[O-]. The Labute approximate surface area is 149 Å². The molecular weight excluding hydrogens is 338 g/mol. The lowest BCUT2D eigenvalue weighted by atomic mass is 10.1. The number of rotatable bonds is 4. The molecule has 0 bridgehead atoms. The molecule has 0 saturated heterocycles. The second-order valence-corrected chi connectivity index (χ2v) is 5.96. The maximum Gasteiger partial charge on any atom is 0.272 e. The van der Waals surface area contributed by atoms with Crippen molar-refractivity contribution in [1.82, 2.24) is 0 Å². The zero-order valence-electron chi connectivity index (χ0n) is 14.3. The van der Waals surface area contributed by atoms with Crippen molar-refractivity contribution in [1.29, 1.82) is 0 Å². The van der Waals surface area contributed by atoms with Crippen LogP contribution in [-0.2, 0) is 9.59 Å². The lowest BCUT2D eigenvalue weighted by Gasteiger charge is -2.31. The van der Waals surface area contributed by atoms with E-state index in [2.05, 4.69) is 5.32 Å². The van der Waals surface area contributed by atoms with Crippen LogP contribution in [-0.4, -0.2) is 29.4 Å². The molecule has 3 rings (SSSR count). The minimum atomic E-state index is -0.866. The van der Waals surface area contributed by atoms with Gasteiger partial charge in [-0.1, -0.05) is 12.1 Å². The molecular formula is C18H17N3O5. The third-order valence-corrected chi connectivity index (χ3v) is 4.06. The van der Waals surface area contributed by atoms with E-state index in [9.17, 15) is 19.7 Å². The van der Waals surface area contributed by atoms with E-state index < -0.39 is 11.0 Å². The molecule has 0 aliphatic carbocycles. The standard InChI is InChI=1S/C18H17N3O5/c1-11-9-13(7-8-15(11)21(24)25)26-12(2)18(23)20-10-17(22)19-14-5-3-4-6-16(14)20/h3-9,12H,10H2,1-2H3,(H,19,22)/t12-/m1/s1. The molecule has 1 heterocycles. The van der Waals surface area contributed by atoms with Gasteiger partial charge in [-0.2, -0.15) is 0 Å². The molecule has 8 heteroatoms. The van der Waals surface area contributed by atoms with Gasteiger partial charge in [0.25, 0.3) is 11.6 Å². The van der Waals surface area contributed by atoms with Gasteiger partial charge in [0.2, 0.25) is 5.91 Å². The van der Waals surface area contributed by atoms with Gasteiger partial charge < -0.3 is 10.1 Å². The first-order valence-corrected chi connectivity index (χ1v) is 7.99. The molecule has 0 unspecified atom stereocenters. The smallest absolute Gasteiger partial charge is 0.272 e. The average molecular weight is 355 g/mol. The molecule has 1 aliphatic heterocycles. The summed E-state index contributed by atoms with van der Waals surface area (Å²) in [5, 5.41) is 13.6. The summed E-state index contributed by atoms with van der Waals surface area (Å²) in [5.41, 5.74) is 1.59. The largest absolute Gasteiger partial charge is 0.481 e. The molecule has 2 aromatic rings. The number of nitro benzene ring substituents is 1. The van der Waals surface area contributed by atoms with Crippen molar-refractivity contribution in [2.75, 3.05) is 16.8 Å². The van der Waals surface area contributed by atoms with Gasteiger partial charge in [-0.25, -0.2) is 0 Å². The van der Waals surface area contributed by atoms with Crippen molar-refractivity contribution >= 4 is 28.9 Å². The lowest BCUT2D eigenvalue weighted by Crippen LogP contribution is -2.47. The van der Waals surface area contributed by atoms with Crippen molar-refractivity contribution in [2.24, 2.45) is 0 Å². The molecule has 0 fully saturated rings. The van der Waals surface area contributed by atoms with E-state index in [1.54, 1.807) is 38.1 Å². The van der Waals surface area contributed by atoms with E-state index in [1.807, 2.05) is 0 Å². The van der Waals surface area contributed by atoms with Gasteiger partial charge in [0.05, 0.1) is 16.3 Å². The van der Waals surface area contributed by atoms with Crippen LogP contribution in [0.5, 0.6) is 5.75 Å². The Morgan fingerprint density at radius 1 is 1.31 bits per heavy atom. The number of benzene rings is 2. The number of amides is 2. The Kier molecular flexibility index (Phi) is 4.57. The molecule has 2 amide bonds. The number of anilines is 2. The summed E-state index contributed by atoms with van der Waals surface area (Å²) in [6.07, 6.45) is -0.866. The highest BCUT2D eigenvalue weighted by molar-refractivity contribution is 6.10. The van der Waals surface area contributed by atoms with Crippen LogP contribution in [0.3, 0.4) is 0 Å². The van der Waals surface area contributed by atoms with E-state index in [-0.39, 0.29) is 24.0 Å². The molecule has 2 aromatic carbocycles. The van der Waals surface area contributed by atoms with Gasteiger partial charge in [-0.15, -0.1) is 0 Å². The normalized spacial score (nSPS) is 14.2. The molecule has 1 aliphatic rings. The number of hydrogen-bond acceptors (Lipinski definition) is 5. The number of carbonyl (C=O) groups is 2. The Bertz CT molecular complexity index is 896. The van der Waals surface area contributed by atoms with Gasteiger partial charge in [-0.05, 0) is 38.1 Å². The second-order valence-electron chi connectivity index (χ2n) is 5.96. The molecule has 0 radical (unpaired) electrons. The second kappa shape index (κ2) is 6.83. The van der Waals surface area contributed by atoms with Crippen molar-refractivity contribution in [3.8, 4) is 5.75 Å². The summed E-state index contributed by atoms with van der Waals surface area (Å²) in [6.45, 7) is 3.08. The molecule has 8 nitrogen and oxygen atoms in total. The van der Waals surface area contributed by atoms with E-state index >= 15 is 0 Å². The third kappa shape index (κ3) is 3.34. The van der Waals surface area contributed by atoms with Crippen LogP contribution in [0.25, 0.3) is 0 Å². The van der Waals surface area contributed by atoms with Crippen molar-refractivity contribution in [3.05, 3.63) is 58.1 Å². The predicted octanol–water partition coefficient (Wildman–Crippen LogP) is 2.66. The Hall–Kier alpha value is -3.42. The zero-order chi connectivity index (χ0) is 18.8. The summed E-state index contributed by atoms with van der Waals surface area (Å²) in [4.78, 5) is 36.4. The topological polar surface area (TPSA) is 102 Å². The number of hydrogen-bond donors (Lipinski definition) is 1. The fourth-order valence-corrected chi connectivity index (χ4v) is 2.81. The van der Waals surface area contributed by atoms with Crippen LogP contribution < -0.4 is 15.0 Å². The third-order valence-electron chi connectivity index (χ3n) is 4.06. The van der Waals surface area contributed by atoms with Crippen LogP contribution in [0.1, 0.15) is 12.5 Å². The van der Waals surface area contributed by atoms with Crippen LogP contribution in [0.4, 0.5) is 17.1 Å². The fraction of sp³-hybridized carbons (Fsp3) is 0.222. The first-order chi connectivity index (χ1) is 12.4. The Balaban J connectivity index is 1.79. The molecule has 26 heavy (non-hydrogen) atoms. The summed E-state index contributed by atoms with van der Waals surface area (Å²) in [5.74, 6) is -0.303. The van der Waals surface area contributed by atoms with E-state index in [4.69, 9.17) is 4.74 Å². The molecule has 1 N–H and O–H groups in total. The van der Waals surface area contributed by atoms with E-state index in [0.29, 0.717) is 22.7 Å². The van der Waals surface area contributed by atoms with Crippen molar-refractivity contribution in [3.63, 3.8) is 0 Å². The molecule has 0 spiro atoms. The molecule has 0 aromatic heterocycles. The number of ether oxygens (including phenoxy) is 1. The van der Waals surface area contributed by atoms with Crippen LogP contribution >= 0.6 is 0 Å². The maximum atomic E-state index is 12.8. The van der Waals surface area contributed by atoms with Gasteiger partial charge in [0, 0.05) is 11.6 Å². The zero-order valence-corrected chi connectivity index (χ0v) is 14.3. The summed E-state index contributed by atoms with van der Waals surface area (Å²) in [7, 11) is 0. The van der Waals surface area contributed by atoms with Crippen LogP contribution in [0.15, 0.2) is 42.5 Å². The molecule has 1 atom stereocenters. The quantitative estimate of drug-likeness (QED) is 0.671. The first-order valence-electron chi connectivity index (χ1n) is 7.99. The Morgan fingerprint density at radius 2 is 2.04 bits per heavy atom. The molecule has 0 saturated carbocycles. The fourth-order valence-electron chi connectivity index (χ4n) is 2.81. The number of nitrogens with one attached hydrogen (secondary N) is 1. The Morgan fingerprint density at radius 3 is 2.73 bits per heavy atom. The highest BCUT2D eigenvalue weighted by Crippen LogP contribution is 2.30. The summed E-state index contributed by atoms with van der Waals surface area (Å²) >= 11 is 0. The highest BCUT2D eigenvalue weighted by atomic mass is 16.6. The van der Waals surface area contributed by atoms with E-state index in [1.165, 1.54) is 23.1 Å². The first kappa shape index (κ1) is 17.4. The van der Waals surface area contributed by atoms with Crippen LogP contribution in [0.2, 0.25) is 0 Å².